The second kappa shape index (κ2) is 7.38. The van der Waals surface area contributed by atoms with Crippen molar-refractivity contribution >= 4 is 23.2 Å². The molecule has 0 aliphatic carbocycles. The smallest absolute Gasteiger partial charge is 0.245 e. The summed E-state index contributed by atoms with van der Waals surface area (Å²) in [6.07, 6.45) is 3.47. The number of ether oxygens (including phenoxy) is 1. The van der Waals surface area contributed by atoms with Crippen LogP contribution in [0.15, 0.2) is 54.9 Å². The fourth-order valence-electron chi connectivity index (χ4n) is 2.49. The molecular formula is C18H17ClN4O2. The van der Waals surface area contributed by atoms with E-state index in [0.717, 1.165) is 11.1 Å². The number of aromatic nitrogens is 2. The van der Waals surface area contributed by atoms with Gasteiger partial charge in [0.1, 0.15) is 11.8 Å². The maximum Gasteiger partial charge on any atom is 0.245 e. The zero-order chi connectivity index (χ0) is 17.8. The Bertz CT molecular complexity index is 881. The van der Waals surface area contributed by atoms with E-state index in [1.807, 2.05) is 6.07 Å². The van der Waals surface area contributed by atoms with Gasteiger partial charge in [-0.3, -0.25) is 9.89 Å². The molecule has 1 aromatic heterocycles. The number of carbonyl (C=O) groups is 1. The molecule has 0 saturated carbocycles. The van der Waals surface area contributed by atoms with Crippen LogP contribution in [0, 0.1) is 0 Å². The van der Waals surface area contributed by atoms with Gasteiger partial charge in [-0.05, 0) is 23.8 Å². The van der Waals surface area contributed by atoms with Crippen molar-refractivity contribution in [3.8, 4) is 16.9 Å². The Balaban J connectivity index is 1.81. The molecule has 0 aliphatic rings. The molecule has 7 heteroatoms. The van der Waals surface area contributed by atoms with Gasteiger partial charge in [0.15, 0.2) is 0 Å². The SMILES string of the molecule is COc1cc(NC(=O)[C@H](N)c2ccccc2Cl)ccc1-c1cn[nH]c1. The maximum absolute atomic E-state index is 12.4. The van der Waals surface area contributed by atoms with Gasteiger partial charge in [0, 0.05) is 34.1 Å². The van der Waals surface area contributed by atoms with E-state index in [1.165, 1.54) is 0 Å². The lowest BCUT2D eigenvalue weighted by molar-refractivity contribution is -0.117. The number of carbonyl (C=O) groups excluding carboxylic acids is 1. The van der Waals surface area contributed by atoms with Gasteiger partial charge in [0.25, 0.3) is 0 Å². The summed E-state index contributed by atoms with van der Waals surface area (Å²) < 4.78 is 5.41. The highest BCUT2D eigenvalue weighted by atomic mass is 35.5. The summed E-state index contributed by atoms with van der Waals surface area (Å²) in [5, 5.41) is 9.94. The summed E-state index contributed by atoms with van der Waals surface area (Å²) in [4.78, 5) is 12.4. The third kappa shape index (κ3) is 3.65. The minimum atomic E-state index is -0.867. The number of nitrogens with two attached hydrogens (primary N) is 1. The van der Waals surface area contributed by atoms with Gasteiger partial charge < -0.3 is 15.8 Å². The number of hydrogen-bond donors (Lipinski definition) is 3. The molecule has 1 atom stereocenters. The fourth-order valence-corrected chi connectivity index (χ4v) is 2.75. The number of rotatable bonds is 5. The van der Waals surface area contributed by atoms with Crippen molar-refractivity contribution in [1.82, 2.24) is 10.2 Å². The van der Waals surface area contributed by atoms with Crippen molar-refractivity contribution in [2.24, 2.45) is 5.73 Å². The molecule has 3 aromatic rings. The molecule has 0 unspecified atom stereocenters. The van der Waals surface area contributed by atoms with Gasteiger partial charge in [-0.25, -0.2) is 0 Å². The van der Waals surface area contributed by atoms with Crippen LogP contribution in [0.5, 0.6) is 5.75 Å². The van der Waals surface area contributed by atoms with Crippen LogP contribution >= 0.6 is 11.6 Å². The van der Waals surface area contributed by atoms with E-state index in [4.69, 9.17) is 22.1 Å². The Hall–Kier alpha value is -2.83. The largest absolute Gasteiger partial charge is 0.496 e. The van der Waals surface area contributed by atoms with Gasteiger partial charge in [-0.1, -0.05) is 29.8 Å². The van der Waals surface area contributed by atoms with Crippen LogP contribution in [0.1, 0.15) is 11.6 Å². The number of halogens is 1. The molecule has 1 heterocycles. The Kier molecular flexibility index (Phi) is 5.02. The minimum absolute atomic E-state index is 0.355. The third-order valence-corrected chi connectivity index (χ3v) is 4.15. The molecule has 2 aromatic carbocycles. The second-order valence-corrected chi connectivity index (χ2v) is 5.80. The van der Waals surface area contributed by atoms with E-state index in [1.54, 1.807) is 55.9 Å². The summed E-state index contributed by atoms with van der Waals surface area (Å²) in [7, 11) is 1.57. The van der Waals surface area contributed by atoms with Gasteiger partial charge >= 0.3 is 0 Å². The first-order valence-corrected chi connectivity index (χ1v) is 7.96. The second-order valence-electron chi connectivity index (χ2n) is 5.39. The quantitative estimate of drug-likeness (QED) is 0.653. The van der Waals surface area contributed by atoms with E-state index >= 15 is 0 Å². The summed E-state index contributed by atoms with van der Waals surface area (Å²) in [5.74, 6) is 0.261. The molecule has 4 N–H and O–H groups in total. The molecule has 0 saturated heterocycles. The summed E-state index contributed by atoms with van der Waals surface area (Å²) in [6.45, 7) is 0. The van der Waals surface area contributed by atoms with Crippen molar-refractivity contribution in [1.29, 1.82) is 0 Å². The zero-order valence-corrected chi connectivity index (χ0v) is 14.2. The molecule has 6 nitrogen and oxygen atoms in total. The van der Waals surface area contributed by atoms with Crippen LogP contribution in [0.4, 0.5) is 5.69 Å². The topological polar surface area (TPSA) is 93.0 Å². The standard InChI is InChI=1S/C18H17ClN4O2/c1-25-16-8-12(6-7-13(16)11-9-21-22-10-11)23-18(24)17(20)14-4-2-3-5-15(14)19/h2-10,17H,20H2,1H3,(H,21,22)(H,23,24)/t17-/m1/s1. The Morgan fingerprint density at radius 3 is 2.80 bits per heavy atom. The molecule has 25 heavy (non-hydrogen) atoms. The molecule has 128 valence electrons. The third-order valence-electron chi connectivity index (χ3n) is 3.80. The van der Waals surface area contributed by atoms with Crippen LogP contribution in [0.25, 0.3) is 11.1 Å². The average Bonchev–Trinajstić information content (AvgIpc) is 3.15. The van der Waals surface area contributed by atoms with Crippen LogP contribution < -0.4 is 15.8 Å². The van der Waals surface area contributed by atoms with Crippen LogP contribution in [-0.4, -0.2) is 23.2 Å². The van der Waals surface area contributed by atoms with E-state index in [9.17, 15) is 4.79 Å². The maximum atomic E-state index is 12.4. The predicted octanol–water partition coefficient (Wildman–Crippen LogP) is 3.38. The van der Waals surface area contributed by atoms with Crippen molar-refractivity contribution in [3.05, 3.63) is 65.4 Å². The number of nitrogens with one attached hydrogen (secondary N) is 2. The number of benzene rings is 2. The number of hydrogen-bond acceptors (Lipinski definition) is 4. The van der Waals surface area contributed by atoms with Crippen molar-refractivity contribution < 1.29 is 9.53 Å². The van der Waals surface area contributed by atoms with Crippen LogP contribution in [0.3, 0.4) is 0 Å². The van der Waals surface area contributed by atoms with Gasteiger partial charge in [-0.15, -0.1) is 0 Å². The van der Waals surface area contributed by atoms with E-state index in [-0.39, 0.29) is 5.91 Å². The molecule has 0 bridgehead atoms. The first kappa shape index (κ1) is 17.0. The molecule has 3 rings (SSSR count). The Morgan fingerprint density at radius 1 is 1.32 bits per heavy atom. The number of aromatic amines is 1. The lowest BCUT2D eigenvalue weighted by atomic mass is 10.1. The van der Waals surface area contributed by atoms with Crippen LogP contribution in [0.2, 0.25) is 5.02 Å². The molecule has 0 fully saturated rings. The van der Waals surface area contributed by atoms with E-state index in [0.29, 0.717) is 22.0 Å². The molecule has 0 aliphatic heterocycles. The lowest BCUT2D eigenvalue weighted by Crippen LogP contribution is -2.28. The fraction of sp³-hybridized carbons (Fsp3) is 0.111. The van der Waals surface area contributed by atoms with Gasteiger partial charge in [-0.2, -0.15) is 5.10 Å². The number of amides is 1. The van der Waals surface area contributed by atoms with Gasteiger partial charge in [0.05, 0.1) is 13.3 Å². The molecular weight excluding hydrogens is 340 g/mol. The molecule has 1 amide bonds. The Morgan fingerprint density at radius 2 is 2.12 bits per heavy atom. The van der Waals surface area contributed by atoms with Gasteiger partial charge in [0.2, 0.25) is 5.91 Å². The number of methoxy groups -OCH3 is 1. The number of anilines is 1. The highest BCUT2D eigenvalue weighted by Gasteiger charge is 2.19. The predicted molar refractivity (Wildman–Crippen MR) is 97.6 cm³/mol. The minimum Gasteiger partial charge on any atom is -0.496 e. The summed E-state index contributed by atoms with van der Waals surface area (Å²) >= 11 is 6.10. The average molecular weight is 357 g/mol. The zero-order valence-electron chi connectivity index (χ0n) is 13.5. The highest BCUT2D eigenvalue weighted by molar-refractivity contribution is 6.31. The molecule has 0 spiro atoms. The lowest BCUT2D eigenvalue weighted by Gasteiger charge is -2.15. The van der Waals surface area contributed by atoms with Crippen LogP contribution in [-0.2, 0) is 4.79 Å². The van der Waals surface area contributed by atoms with E-state index < -0.39 is 6.04 Å². The number of H-pyrrole nitrogens is 1. The van der Waals surface area contributed by atoms with Crippen molar-refractivity contribution in [2.75, 3.05) is 12.4 Å². The van der Waals surface area contributed by atoms with Crippen molar-refractivity contribution in [3.63, 3.8) is 0 Å². The van der Waals surface area contributed by atoms with Crippen molar-refractivity contribution in [2.45, 2.75) is 6.04 Å². The first-order chi connectivity index (χ1) is 12.1. The Labute approximate surface area is 150 Å². The highest BCUT2D eigenvalue weighted by Crippen LogP contribution is 2.32. The summed E-state index contributed by atoms with van der Waals surface area (Å²) in [6, 6.07) is 11.5. The first-order valence-electron chi connectivity index (χ1n) is 7.58. The molecule has 0 radical (unpaired) electrons. The summed E-state index contributed by atoms with van der Waals surface area (Å²) in [5.41, 5.74) is 8.93. The van der Waals surface area contributed by atoms with E-state index in [2.05, 4.69) is 15.5 Å². The monoisotopic (exact) mass is 356 g/mol. The normalized spacial score (nSPS) is 11.8. The number of nitrogens with zero attached hydrogens (tertiary/aromatic N) is 1.